The summed E-state index contributed by atoms with van der Waals surface area (Å²) in [7, 11) is 1.56. The van der Waals surface area contributed by atoms with Crippen LogP contribution in [0.15, 0.2) is 28.7 Å². The van der Waals surface area contributed by atoms with Crippen LogP contribution in [0.3, 0.4) is 0 Å². The molecule has 15 heavy (non-hydrogen) atoms. The lowest BCUT2D eigenvalue weighted by molar-refractivity contribution is -0.135. The molecule has 0 radical (unpaired) electrons. The van der Waals surface area contributed by atoms with Crippen molar-refractivity contribution in [3.8, 4) is 0 Å². The van der Waals surface area contributed by atoms with Crippen molar-refractivity contribution in [2.24, 2.45) is 5.84 Å². The molecular weight excluding hydrogens is 256 g/mol. The zero-order chi connectivity index (χ0) is 11.6. The van der Waals surface area contributed by atoms with Crippen LogP contribution in [-0.2, 0) is 10.2 Å². The third-order valence-electron chi connectivity index (χ3n) is 2.40. The Kier molecular flexibility index (Phi) is 3.52. The van der Waals surface area contributed by atoms with Crippen LogP contribution in [0, 0.1) is 0 Å². The fraction of sp³-hybridized carbons (Fsp3) is 0.364. The van der Waals surface area contributed by atoms with Crippen LogP contribution in [0.5, 0.6) is 0 Å². The summed E-state index contributed by atoms with van der Waals surface area (Å²) < 4.78 is 0.959. The first-order valence-electron chi connectivity index (χ1n) is 4.64. The smallest absolute Gasteiger partial charge is 0.246 e. The summed E-state index contributed by atoms with van der Waals surface area (Å²) in [5.74, 6) is 5.36. The van der Waals surface area contributed by atoms with Crippen LogP contribution in [0.2, 0.25) is 0 Å². The Hall–Kier alpha value is -0.870. The number of hydrogen-bond donors (Lipinski definition) is 1. The molecule has 2 N–H and O–H groups in total. The van der Waals surface area contributed by atoms with Gasteiger partial charge in [0.05, 0.1) is 5.41 Å². The second kappa shape index (κ2) is 4.33. The van der Waals surface area contributed by atoms with E-state index >= 15 is 0 Å². The van der Waals surface area contributed by atoms with Gasteiger partial charge < -0.3 is 0 Å². The molecule has 0 aliphatic heterocycles. The van der Waals surface area contributed by atoms with E-state index in [1.54, 1.807) is 7.05 Å². The first-order valence-corrected chi connectivity index (χ1v) is 5.44. The number of halogens is 1. The molecule has 1 amide bonds. The Morgan fingerprint density at radius 2 is 2.07 bits per heavy atom. The van der Waals surface area contributed by atoms with Crippen molar-refractivity contribution in [2.45, 2.75) is 19.3 Å². The maximum atomic E-state index is 11.9. The lowest BCUT2D eigenvalue weighted by atomic mass is 9.83. The summed E-state index contributed by atoms with van der Waals surface area (Å²) in [6.07, 6.45) is 0. The van der Waals surface area contributed by atoms with Crippen molar-refractivity contribution in [1.29, 1.82) is 0 Å². The standard InChI is InChI=1S/C11H15BrN2O/c1-11(2,10(15)14(3)13)8-5-4-6-9(12)7-8/h4-7H,13H2,1-3H3. The van der Waals surface area contributed by atoms with E-state index in [0.717, 1.165) is 15.0 Å². The second-order valence-corrected chi connectivity index (χ2v) is 4.97. The van der Waals surface area contributed by atoms with E-state index in [0.29, 0.717) is 0 Å². The molecule has 0 heterocycles. The number of likely N-dealkylation sites (N-methyl/N-ethyl adjacent to an activating group) is 1. The number of rotatable bonds is 2. The monoisotopic (exact) mass is 270 g/mol. The first-order chi connectivity index (χ1) is 6.85. The average molecular weight is 271 g/mol. The van der Waals surface area contributed by atoms with Gasteiger partial charge in [-0.05, 0) is 31.5 Å². The highest BCUT2D eigenvalue weighted by atomic mass is 79.9. The van der Waals surface area contributed by atoms with Crippen molar-refractivity contribution < 1.29 is 4.79 Å². The van der Waals surface area contributed by atoms with E-state index < -0.39 is 5.41 Å². The molecule has 4 heteroatoms. The molecule has 1 aromatic rings. The average Bonchev–Trinajstić information content (AvgIpc) is 2.16. The van der Waals surface area contributed by atoms with Gasteiger partial charge in [-0.2, -0.15) is 0 Å². The number of hydrogen-bond acceptors (Lipinski definition) is 2. The Morgan fingerprint density at radius 3 is 2.53 bits per heavy atom. The van der Waals surface area contributed by atoms with E-state index in [2.05, 4.69) is 15.9 Å². The minimum absolute atomic E-state index is 0.111. The summed E-state index contributed by atoms with van der Waals surface area (Å²) in [5, 5.41) is 1.13. The summed E-state index contributed by atoms with van der Waals surface area (Å²) in [6, 6.07) is 7.69. The van der Waals surface area contributed by atoms with Crippen molar-refractivity contribution in [3.05, 3.63) is 34.3 Å². The maximum absolute atomic E-state index is 11.9. The number of carbonyl (C=O) groups excluding carboxylic acids is 1. The minimum atomic E-state index is -0.604. The first kappa shape index (κ1) is 12.2. The van der Waals surface area contributed by atoms with Gasteiger partial charge in [0.2, 0.25) is 5.91 Å². The lowest BCUT2D eigenvalue weighted by Crippen LogP contribution is -2.44. The molecule has 1 rings (SSSR count). The molecule has 0 bridgehead atoms. The molecule has 3 nitrogen and oxygen atoms in total. The van der Waals surface area contributed by atoms with Crippen molar-refractivity contribution >= 4 is 21.8 Å². The van der Waals surface area contributed by atoms with Gasteiger partial charge in [-0.3, -0.25) is 9.80 Å². The van der Waals surface area contributed by atoms with Crippen LogP contribution in [0.4, 0.5) is 0 Å². The Labute approximate surface area is 98.4 Å². The van der Waals surface area contributed by atoms with Crippen molar-refractivity contribution in [3.63, 3.8) is 0 Å². The van der Waals surface area contributed by atoms with E-state index in [1.807, 2.05) is 38.1 Å². The van der Waals surface area contributed by atoms with Gasteiger partial charge in [0.1, 0.15) is 0 Å². The van der Waals surface area contributed by atoms with Gasteiger partial charge >= 0.3 is 0 Å². The highest BCUT2D eigenvalue weighted by Gasteiger charge is 2.31. The largest absolute Gasteiger partial charge is 0.283 e. The van der Waals surface area contributed by atoms with Crippen molar-refractivity contribution in [1.82, 2.24) is 5.01 Å². The summed E-state index contributed by atoms with van der Waals surface area (Å²) >= 11 is 3.38. The van der Waals surface area contributed by atoms with E-state index in [9.17, 15) is 4.79 Å². The van der Waals surface area contributed by atoms with Gasteiger partial charge in [0.25, 0.3) is 0 Å². The van der Waals surface area contributed by atoms with E-state index in [1.165, 1.54) is 0 Å². The van der Waals surface area contributed by atoms with Gasteiger partial charge in [0, 0.05) is 11.5 Å². The summed E-state index contributed by atoms with van der Waals surface area (Å²) in [5.41, 5.74) is 0.340. The van der Waals surface area contributed by atoms with Crippen LogP contribution < -0.4 is 5.84 Å². The van der Waals surface area contributed by atoms with Crippen LogP contribution >= 0.6 is 15.9 Å². The molecule has 1 aromatic carbocycles. The highest BCUT2D eigenvalue weighted by Crippen LogP contribution is 2.26. The maximum Gasteiger partial charge on any atom is 0.246 e. The quantitative estimate of drug-likeness (QED) is 0.508. The number of nitrogens with two attached hydrogens (primary N) is 1. The lowest BCUT2D eigenvalue weighted by Gasteiger charge is -2.27. The topological polar surface area (TPSA) is 46.3 Å². The number of amides is 1. The third kappa shape index (κ3) is 2.58. The summed E-state index contributed by atoms with van der Waals surface area (Å²) in [6.45, 7) is 3.72. The molecule has 0 aromatic heterocycles. The Bertz CT molecular complexity index is 375. The Balaban J connectivity index is 3.10. The normalized spacial score (nSPS) is 11.3. The molecule has 0 saturated carbocycles. The van der Waals surface area contributed by atoms with Gasteiger partial charge in [-0.25, -0.2) is 5.84 Å². The molecule has 0 unspecified atom stereocenters. The van der Waals surface area contributed by atoms with Crippen LogP contribution in [0.1, 0.15) is 19.4 Å². The van der Waals surface area contributed by atoms with Crippen LogP contribution in [-0.4, -0.2) is 18.0 Å². The molecule has 0 fully saturated rings. The predicted molar refractivity (Wildman–Crippen MR) is 64.1 cm³/mol. The SMILES string of the molecule is CN(N)C(=O)C(C)(C)c1cccc(Br)c1. The zero-order valence-corrected chi connectivity index (χ0v) is 10.7. The minimum Gasteiger partial charge on any atom is -0.283 e. The fourth-order valence-corrected chi connectivity index (χ4v) is 1.84. The van der Waals surface area contributed by atoms with E-state index in [4.69, 9.17) is 5.84 Å². The number of benzene rings is 1. The number of nitrogens with zero attached hydrogens (tertiary/aromatic N) is 1. The van der Waals surface area contributed by atoms with E-state index in [-0.39, 0.29) is 5.91 Å². The molecule has 0 saturated heterocycles. The molecule has 0 aliphatic carbocycles. The zero-order valence-electron chi connectivity index (χ0n) is 9.12. The van der Waals surface area contributed by atoms with Gasteiger partial charge in [-0.1, -0.05) is 28.1 Å². The van der Waals surface area contributed by atoms with Gasteiger partial charge in [0.15, 0.2) is 0 Å². The van der Waals surface area contributed by atoms with Crippen LogP contribution in [0.25, 0.3) is 0 Å². The number of hydrazine groups is 1. The molecular formula is C11H15BrN2O. The molecule has 0 aliphatic rings. The second-order valence-electron chi connectivity index (χ2n) is 4.05. The molecule has 0 spiro atoms. The third-order valence-corrected chi connectivity index (χ3v) is 2.89. The fourth-order valence-electron chi connectivity index (χ4n) is 1.44. The highest BCUT2D eigenvalue weighted by molar-refractivity contribution is 9.10. The predicted octanol–water partition coefficient (Wildman–Crippen LogP) is 2.06. The number of carbonyl (C=O) groups is 1. The molecule has 0 atom stereocenters. The summed E-state index contributed by atoms with van der Waals surface area (Å²) in [4.78, 5) is 11.9. The van der Waals surface area contributed by atoms with Gasteiger partial charge in [-0.15, -0.1) is 0 Å². The van der Waals surface area contributed by atoms with Crippen molar-refractivity contribution in [2.75, 3.05) is 7.05 Å². The molecule has 82 valence electrons. The Morgan fingerprint density at radius 1 is 1.47 bits per heavy atom.